The van der Waals surface area contributed by atoms with Crippen LogP contribution in [-0.4, -0.2) is 45.4 Å². The fraction of sp³-hybridized carbons (Fsp3) is 0.556. The number of carbonyl (C=O) groups is 1. The van der Waals surface area contributed by atoms with Crippen LogP contribution >= 0.6 is 0 Å². The molecule has 1 fully saturated rings. The largest absolute Gasteiger partial charge is 0.448 e. The highest BCUT2D eigenvalue weighted by molar-refractivity contribution is 5.93. The Bertz CT molecular complexity index is 795. The minimum Gasteiger partial charge on any atom is -0.448 e. The number of rotatable bonds is 3. The minimum atomic E-state index is -0.0739. The van der Waals surface area contributed by atoms with Crippen molar-refractivity contribution in [3.8, 4) is 0 Å². The van der Waals surface area contributed by atoms with E-state index in [4.69, 9.17) is 9.40 Å². The van der Waals surface area contributed by atoms with Gasteiger partial charge in [0, 0.05) is 31.6 Å². The summed E-state index contributed by atoms with van der Waals surface area (Å²) >= 11 is 0. The van der Waals surface area contributed by atoms with Crippen molar-refractivity contribution < 1.29 is 9.21 Å². The van der Waals surface area contributed by atoms with Crippen LogP contribution in [0, 0.1) is 6.92 Å². The minimum absolute atomic E-state index is 0.0739. The Balaban J connectivity index is 1.62. The van der Waals surface area contributed by atoms with Crippen LogP contribution in [0.2, 0.25) is 0 Å². The molecule has 0 atom stereocenters. The van der Waals surface area contributed by atoms with E-state index in [1.54, 1.807) is 0 Å². The molecule has 7 nitrogen and oxygen atoms in total. The lowest BCUT2D eigenvalue weighted by Crippen LogP contribution is -2.38. The van der Waals surface area contributed by atoms with Crippen molar-refractivity contribution in [1.29, 1.82) is 0 Å². The monoisotopic (exact) mass is 341 g/mol. The lowest BCUT2D eigenvalue weighted by molar-refractivity contribution is 0.0724. The number of aryl methyl sites for hydroxylation is 2. The Kier molecular flexibility index (Phi) is 4.15. The first-order valence-corrected chi connectivity index (χ1v) is 9.00. The molecule has 7 heteroatoms. The van der Waals surface area contributed by atoms with Crippen LogP contribution in [0.5, 0.6) is 0 Å². The highest BCUT2D eigenvalue weighted by Crippen LogP contribution is 2.29. The van der Waals surface area contributed by atoms with E-state index in [2.05, 4.69) is 14.9 Å². The molecule has 25 heavy (non-hydrogen) atoms. The second-order valence-electron chi connectivity index (χ2n) is 6.67. The van der Waals surface area contributed by atoms with Gasteiger partial charge in [-0.1, -0.05) is 6.92 Å². The molecular weight excluding hydrogens is 318 g/mol. The average molecular weight is 341 g/mol. The van der Waals surface area contributed by atoms with E-state index in [0.29, 0.717) is 31.0 Å². The number of nitrogens with zero attached hydrogens (tertiary/aromatic N) is 5. The molecule has 4 rings (SSSR count). The molecule has 0 aromatic carbocycles. The number of amides is 1. The fourth-order valence-electron chi connectivity index (χ4n) is 3.74. The molecule has 4 heterocycles. The lowest BCUT2D eigenvalue weighted by atomic mass is 10.0. The fourth-order valence-corrected chi connectivity index (χ4v) is 3.74. The quantitative estimate of drug-likeness (QED) is 0.851. The van der Waals surface area contributed by atoms with Crippen molar-refractivity contribution >= 4 is 11.7 Å². The maximum absolute atomic E-state index is 12.8. The Hall–Kier alpha value is -2.44. The van der Waals surface area contributed by atoms with Gasteiger partial charge in [-0.25, -0.2) is 15.0 Å². The maximum atomic E-state index is 12.8. The van der Waals surface area contributed by atoms with Crippen LogP contribution in [0.1, 0.15) is 53.1 Å². The van der Waals surface area contributed by atoms with Crippen molar-refractivity contribution in [2.24, 2.45) is 0 Å². The number of hydrogen-bond acceptors (Lipinski definition) is 6. The van der Waals surface area contributed by atoms with Crippen LogP contribution in [0.15, 0.2) is 10.8 Å². The zero-order valence-corrected chi connectivity index (χ0v) is 14.8. The lowest BCUT2D eigenvalue weighted by Gasteiger charge is -2.31. The van der Waals surface area contributed by atoms with E-state index in [9.17, 15) is 4.79 Å². The number of aromatic nitrogens is 3. The Labute approximate surface area is 147 Å². The van der Waals surface area contributed by atoms with Gasteiger partial charge in [-0.15, -0.1) is 0 Å². The predicted octanol–water partition coefficient (Wildman–Crippen LogP) is 2.13. The van der Waals surface area contributed by atoms with E-state index in [-0.39, 0.29) is 5.91 Å². The average Bonchev–Trinajstić information content (AvgIpc) is 3.31. The van der Waals surface area contributed by atoms with Gasteiger partial charge in [0.2, 0.25) is 0 Å². The Morgan fingerprint density at radius 3 is 2.80 bits per heavy atom. The summed E-state index contributed by atoms with van der Waals surface area (Å²) in [5.41, 5.74) is 2.60. The van der Waals surface area contributed by atoms with Crippen molar-refractivity contribution in [3.63, 3.8) is 0 Å². The summed E-state index contributed by atoms with van der Waals surface area (Å²) in [5.74, 6) is 2.41. The molecule has 2 aromatic heterocycles. The molecule has 1 saturated heterocycles. The summed E-state index contributed by atoms with van der Waals surface area (Å²) in [6.45, 7) is 7.17. The molecule has 2 aliphatic rings. The number of oxazole rings is 1. The molecule has 0 aliphatic carbocycles. The topological polar surface area (TPSA) is 75.4 Å². The van der Waals surface area contributed by atoms with Crippen LogP contribution < -0.4 is 4.90 Å². The number of carbonyl (C=O) groups excluding carboxylic acids is 1. The van der Waals surface area contributed by atoms with Gasteiger partial charge in [0.25, 0.3) is 5.91 Å². The highest BCUT2D eigenvalue weighted by atomic mass is 16.3. The Morgan fingerprint density at radius 2 is 2.04 bits per heavy atom. The van der Waals surface area contributed by atoms with Crippen molar-refractivity contribution in [3.05, 3.63) is 34.9 Å². The molecular formula is C18H23N5O2. The summed E-state index contributed by atoms with van der Waals surface area (Å²) in [5, 5.41) is 0. The van der Waals surface area contributed by atoms with Gasteiger partial charge in [-0.3, -0.25) is 4.79 Å². The van der Waals surface area contributed by atoms with E-state index in [1.165, 1.54) is 24.8 Å². The van der Waals surface area contributed by atoms with Crippen molar-refractivity contribution in [2.45, 2.75) is 46.1 Å². The molecule has 0 unspecified atom stereocenters. The molecule has 1 amide bonds. The third kappa shape index (κ3) is 2.88. The highest BCUT2D eigenvalue weighted by Gasteiger charge is 2.30. The van der Waals surface area contributed by atoms with Crippen LogP contribution in [0.25, 0.3) is 0 Å². The second-order valence-corrected chi connectivity index (χ2v) is 6.67. The molecule has 0 spiro atoms. The molecule has 0 N–H and O–H groups in total. The summed E-state index contributed by atoms with van der Waals surface area (Å²) in [7, 11) is 0. The smallest absolute Gasteiger partial charge is 0.276 e. The maximum Gasteiger partial charge on any atom is 0.276 e. The summed E-state index contributed by atoms with van der Waals surface area (Å²) < 4.78 is 5.31. The summed E-state index contributed by atoms with van der Waals surface area (Å²) in [4.78, 5) is 30.4. The van der Waals surface area contributed by atoms with Gasteiger partial charge >= 0.3 is 0 Å². The first-order valence-electron chi connectivity index (χ1n) is 9.00. The number of anilines is 1. The molecule has 0 radical (unpaired) electrons. The van der Waals surface area contributed by atoms with Crippen molar-refractivity contribution in [2.75, 3.05) is 24.5 Å². The standard InChI is InChI=1S/C18H23N5O2/c1-3-15-16(19-11-25-15)18(24)23-9-6-13-14(10-23)20-12(2)21-17(13)22-7-4-5-8-22/h11H,3-10H2,1-2H3. The van der Waals surface area contributed by atoms with Gasteiger partial charge < -0.3 is 14.2 Å². The zero-order chi connectivity index (χ0) is 17.4. The second kappa shape index (κ2) is 6.46. The van der Waals surface area contributed by atoms with E-state index < -0.39 is 0 Å². The van der Waals surface area contributed by atoms with Gasteiger partial charge in [-0.2, -0.15) is 0 Å². The van der Waals surface area contributed by atoms with Gasteiger partial charge in [0.15, 0.2) is 12.1 Å². The zero-order valence-electron chi connectivity index (χ0n) is 14.8. The van der Waals surface area contributed by atoms with E-state index in [0.717, 1.165) is 36.8 Å². The summed E-state index contributed by atoms with van der Waals surface area (Å²) in [6, 6.07) is 0. The molecule has 0 bridgehead atoms. The van der Waals surface area contributed by atoms with Crippen LogP contribution in [0.3, 0.4) is 0 Å². The first-order chi connectivity index (χ1) is 12.2. The first kappa shape index (κ1) is 16.1. The molecule has 0 saturated carbocycles. The van der Waals surface area contributed by atoms with E-state index in [1.807, 2.05) is 18.7 Å². The predicted molar refractivity (Wildman–Crippen MR) is 92.5 cm³/mol. The molecule has 2 aliphatic heterocycles. The normalized spacial score (nSPS) is 17.0. The number of fused-ring (bicyclic) bond motifs is 1. The molecule has 132 valence electrons. The summed E-state index contributed by atoms with van der Waals surface area (Å²) in [6.07, 6.45) is 5.23. The van der Waals surface area contributed by atoms with Gasteiger partial charge in [0.1, 0.15) is 17.4 Å². The Morgan fingerprint density at radius 1 is 1.24 bits per heavy atom. The third-order valence-electron chi connectivity index (χ3n) is 5.01. The number of hydrogen-bond donors (Lipinski definition) is 0. The third-order valence-corrected chi connectivity index (χ3v) is 5.01. The van der Waals surface area contributed by atoms with Gasteiger partial charge in [0.05, 0.1) is 12.2 Å². The van der Waals surface area contributed by atoms with Crippen LogP contribution in [0.4, 0.5) is 5.82 Å². The SMILES string of the molecule is CCc1ocnc1C(=O)N1CCc2c(nc(C)nc2N2CCCC2)C1. The van der Waals surface area contributed by atoms with Crippen LogP contribution in [-0.2, 0) is 19.4 Å². The molecule has 2 aromatic rings. The van der Waals surface area contributed by atoms with Crippen molar-refractivity contribution in [1.82, 2.24) is 19.9 Å². The van der Waals surface area contributed by atoms with E-state index >= 15 is 0 Å². The van der Waals surface area contributed by atoms with Gasteiger partial charge in [-0.05, 0) is 26.2 Å².